The Morgan fingerprint density at radius 1 is 1.25 bits per heavy atom. The van der Waals surface area contributed by atoms with Gasteiger partial charge in [0.05, 0.1) is 0 Å². The number of hydrogen-bond acceptors (Lipinski definition) is 4. The molecule has 1 N–H and O–H groups in total. The quantitative estimate of drug-likeness (QED) is 0.752. The average Bonchev–Trinajstić information content (AvgIpc) is 2.39. The molecule has 0 aromatic heterocycles. The van der Waals surface area contributed by atoms with E-state index in [1.54, 1.807) is 13.8 Å². The van der Waals surface area contributed by atoms with Gasteiger partial charge in [-0.15, -0.1) is 0 Å². The molecule has 0 unspecified atom stereocenters. The van der Waals surface area contributed by atoms with Gasteiger partial charge >= 0.3 is 5.97 Å². The molecule has 0 aromatic rings. The minimum absolute atomic E-state index is 0.300. The van der Waals surface area contributed by atoms with Crippen molar-refractivity contribution in [2.75, 3.05) is 25.4 Å². The average molecular weight is 306 g/mol. The molecule has 0 aromatic carbocycles. The van der Waals surface area contributed by atoms with Gasteiger partial charge in [-0.25, -0.2) is 17.5 Å². The summed E-state index contributed by atoms with van der Waals surface area (Å²) in [4.78, 5) is 24.4. The predicted octanol–water partition coefficient (Wildman–Crippen LogP) is 0.124. The van der Waals surface area contributed by atoms with Crippen LogP contribution in [0.1, 0.15) is 33.1 Å². The molecule has 1 aliphatic rings. The van der Waals surface area contributed by atoms with E-state index in [0.29, 0.717) is 32.5 Å². The Bertz CT molecular complexity index is 458. The number of carbonyl (C=O) groups is 2. The number of hydrogen-bond donors (Lipinski definition) is 1. The Morgan fingerprint density at radius 2 is 1.85 bits per heavy atom. The van der Waals surface area contributed by atoms with Crippen LogP contribution in [0, 0.1) is 0 Å². The lowest BCUT2D eigenvalue weighted by atomic mass is 10.0. The second-order valence-corrected chi connectivity index (χ2v) is 6.75. The zero-order chi connectivity index (χ0) is 15.3. The maximum atomic E-state index is 12.1. The number of carboxylic acids is 1. The number of sulfonamides is 1. The second-order valence-electron chi connectivity index (χ2n) is 4.78. The first-order chi connectivity index (χ1) is 9.33. The largest absolute Gasteiger partial charge is 0.480 e. The molecule has 8 heteroatoms. The van der Waals surface area contributed by atoms with Crippen molar-refractivity contribution >= 4 is 21.9 Å². The number of rotatable bonds is 6. The van der Waals surface area contributed by atoms with Crippen LogP contribution in [0.25, 0.3) is 0 Å². The van der Waals surface area contributed by atoms with E-state index < -0.39 is 33.7 Å². The molecule has 0 radical (unpaired) electrons. The van der Waals surface area contributed by atoms with Crippen molar-refractivity contribution in [3.05, 3.63) is 0 Å². The van der Waals surface area contributed by atoms with Crippen LogP contribution in [0.3, 0.4) is 0 Å². The molecule has 7 nitrogen and oxygen atoms in total. The molecule has 1 atom stereocenters. The summed E-state index contributed by atoms with van der Waals surface area (Å²) >= 11 is 0. The Hall–Kier alpha value is -1.15. The Kier molecular flexibility index (Phi) is 5.94. The van der Waals surface area contributed by atoms with Gasteiger partial charge < -0.3 is 10.0 Å². The van der Waals surface area contributed by atoms with Crippen LogP contribution in [0.15, 0.2) is 0 Å². The standard InChI is InChI=1S/C12H22N2O5S/c1-3-13(4-2)20(18,19)9-11(15)14-8-6-5-7-10(14)12(16)17/h10H,3-9H2,1-2H3,(H,16,17)/t10-/m1/s1. The normalized spacial score (nSPS) is 20.1. The van der Waals surface area contributed by atoms with E-state index in [-0.39, 0.29) is 0 Å². The van der Waals surface area contributed by atoms with E-state index in [0.717, 1.165) is 6.42 Å². The lowest BCUT2D eigenvalue weighted by molar-refractivity contribution is -0.151. The van der Waals surface area contributed by atoms with Crippen LogP contribution < -0.4 is 0 Å². The molecular formula is C12H22N2O5S. The van der Waals surface area contributed by atoms with Crippen molar-refractivity contribution in [3.63, 3.8) is 0 Å². The first-order valence-electron chi connectivity index (χ1n) is 6.83. The highest BCUT2D eigenvalue weighted by Crippen LogP contribution is 2.18. The molecule has 0 spiro atoms. The van der Waals surface area contributed by atoms with Crippen LogP contribution in [-0.2, 0) is 19.6 Å². The summed E-state index contributed by atoms with van der Waals surface area (Å²) in [5.74, 6) is -2.35. The monoisotopic (exact) mass is 306 g/mol. The van der Waals surface area contributed by atoms with E-state index in [1.807, 2.05) is 0 Å². The third kappa shape index (κ3) is 3.92. The SMILES string of the molecule is CCN(CC)S(=O)(=O)CC(=O)N1CCCC[C@@H]1C(=O)O. The number of carbonyl (C=O) groups excluding carboxylic acids is 1. The summed E-state index contributed by atoms with van der Waals surface area (Å²) in [5, 5.41) is 9.10. The molecule has 1 amide bonds. The smallest absolute Gasteiger partial charge is 0.326 e. The highest BCUT2D eigenvalue weighted by molar-refractivity contribution is 7.89. The molecule has 1 fully saturated rings. The predicted molar refractivity (Wildman–Crippen MR) is 73.7 cm³/mol. The summed E-state index contributed by atoms with van der Waals surface area (Å²) in [5.41, 5.74) is 0. The van der Waals surface area contributed by atoms with Crippen molar-refractivity contribution < 1.29 is 23.1 Å². The molecule has 0 bridgehead atoms. The molecule has 1 aliphatic heterocycles. The van der Waals surface area contributed by atoms with Gasteiger partial charge in [-0.1, -0.05) is 13.8 Å². The maximum Gasteiger partial charge on any atom is 0.326 e. The first-order valence-corrected chi connectivity index (χ1v) is 8.44. The Morgan fingerprint density at radius 3 is 2.35 bits per heavy atom. The Balaban J connectivity index is 2.81. The van der Waals surface area contributed by atoms with E-state index in [1.165, 1.54) is 9.21 Å². The van der Waals surface area contributed by atoms with Crippen molar-refractivity contribution in [1.29, 1.82) is 0 Å². The lowest BCUT2D eigenvalue weighted by Gasteiger charge is -2.33. The zero-order valence-electron chi connectivity index (χ0n) is 11.9. The molecule has 1 heterocycles. The molecular weight excluding hydrogens is 284 g/mol. The van der Waals surface area contributed by atoms with Gasteiger partial charge in [0.15, 0.2) is 0 Å². The van der Waals surface area contributed by atoms with E-state index in [4.69, 9.17) is 5.11 Å². The molecule has 116 valence electrons. The highest BCUT2D eigenvalue weighted by Gasteiger charge is 2.34. The zero-order valence-corrected chi connectivity index (χ0v) is 12.7. The Labute approximate surface area is 119 Å². The van der Waals surface area contributed by atoms with Gasteiger partial charge in [0, 0.05) is 19.6 Å². The summed E-state index contributed by atoms with van der Waals surface area (Å²) in [6, 6.07) is -0.900. The summed E-state index contributed by atoms with van der Waals surface area (Å²) in [6.45, 7) is 4.31. The van der Waals surface area contributed by atoms with E-state index >= 15 is 0 Å². The maximum absolute atomic E-state index is 12.1. The van der Waals surface area contributed by atoms with Gasteiger partial charge in [0.25, 0.3) is 0 Å². The van der Waals surface area contributed by atoms with Crippen LogP contribution >= 0.6 is 0 Å². The van der Waals surface area contributed by atoms with Gasteiger partial charge in [0.2, 0.25) is 15.9 Å². The minimum Gasteiger partial charge on any atom is -0.480 e. The van der Waals surface area contributed by atoms with Crippen molar-refractivity contribution in [2.24, 2.45) is 0 Å². The molecule has 0 aliphatic carbocycles. The van der Waals surface area contributed by atoms with E-state index in [2.05, 4.69) is 0 Å². The third-order valence-corrected chi connectivity index (χ3v) is 5.43. The summed E-state index contributed by atoms with van der Waals surface area (Å²) in [6.07, 6.45) is 1.83. The van der Waals surface area contributed by atoms with E-state index in [9.17, 15) is 18.0 Å². The van der Waals surface area contributed by atoms with Crippen LogP contribution in [0.2, 0.25) is 0 Å². The number of amides is 1. The number of likely N-dealkylation sites (tertiary alicyclic amines) is 1. The molecule has 1 rings (SSSR count). The third-order valence-electron chi connectivity index (χ3n) is 3.51. The minimum atomic E-state index is -3.67. The number of nitrogens with zero attached hydrogens (tertiary/aromatic N) is 2. The van der Waals surface area contributed by atoms with Gasteiger partial charge in [0.1, 0.15) is 11.8 Å². The topological polar surface area (TPSA) is 95.0 Å². The van der Waals surface area contributed by atoms with Gasteiger partial charge in [-0.2, -0.15) is 0 Å². The number of piperidine rings is 1. The van der Waals surface area contributed by atoms with Crippen LogP contribution in [-0.4, -0.2) is 66.0 Å². The second kappa shape index (κ2) is 7.03. The lowest BCUT2D eigenvalue weighted by Crippen LogP contribution is -2.51. The number of carboxylic acid groups (broad SMARTS) is 1. The van der Waals surface area contributed by atoms with Crippen molar-refractivity contribution in [3.8, 4) is 0 Å². The fraction of sp³-hybridized carbons (Fsp3) is 0.833. The van der Waals surface area contributed by atoms with Gasteiger partial charge in [-0.3, -0.25) is 4.79 Å². The number of aliphatic carboxylic acids is 1. The fourth-order valence-corrected chi connectivity index (χ4v) is 3.88. The highest BCUT2D eigenvalue weighted by atomic mass is 32.2. The molecule has 0 saturated carbocycles. The summed E-state index contributed by atoms with van der Waals surface area (Å²) < 4.78 is 25.3. The molecule has 1 saturated heterocycles. The van der Waals surface area contributed by atoms with Crippen molar-refractivity contribution in [2.45, 2.75) is 39.2 Å². The van der Waals surface area contributed by atoms with Gasteiger partial charge in [-0.05, 0) is 19.3 Å². The molecule has 20 heavy (non-hydrogen) atoms. The van der Waals surface area contributed by atoms with Crippen LogP contribution in [0.4, 0.5) is 0 Å². The summed E-state index contributed by atoms with van der Waals surface area (Å²) in [7, 11) is -3.67. The van der Waals surface area contributed by atoms with Crippen molar-refractivity contribution in [1.82, 2.24) is 9.21 Å². The first kappa shape index (κ1) is 16.9. The van der Waals surface area contributed by atoms with Crippen LogP contribution in [0.5, 0.6) is 0 Å². The fourth-order valence-electron chi connectivity index (χ4n) is 2.43.